The van der Waals surface area contributed by atoms with E-state index in [9.17, 15) is 4.79 Å². The largest absolute Gasteiger partial charge is 0.497 e. The van der Waals surface area contributed by atoms with Crippen LogP contribution in [0.1, 0.15) is 10.4 Å². The molecule has 0 bridgehead atoms. The summed E-state index contributed by atoms with van der Waals surface area (Å²) in [5, 5.41) is 18.0. The number of methoxy groups -OCH3 is 2. The zero-order chi connectivity index (χ0) is 23.2. The van der Waals surface area contributed by atoms with Crippen LogP contribution in [-0.2, 0) is 0 Å². The molecule has 0 spiro atoms. The second-order valence-corrected chi connectivity index (χ2v) is 8.18. The number of aliphatic hydroxyl groups excluding tert-OH is 1. The van der Waals surface area contributed by atoms with E-state index in [1.807, 2.05) is 17.0 Å². The molecular formula is C23H32N6O4. The molecule has 0 radical (unpaired) electrons. The average molecular weight is 457 g/mol. The molecule has 1 N–H and O–H groups in total. The minimum atomic E-state index is -0.0337. The number of aromatic nitrogens is 2. The second kappa shape index (κ2) is 10.7. The van der Waals surface area contributed by atoms with Crippen molar-refractivity contribution in [2.75, 3.05) is 89.5 Å². The molecular weight excluding hydrogens is 424 g/mol. The van der Waals surface area contributed by atoms with Crippen LogP contribution in [0.25, 0.3) is 0 Å². The van der Waals surface area contributed by atoms with Gasteiger partial charge < -0.3 is 29.3 Å². The minimum Gasteiger partial charge on any atom is -0.497 e. The molecule has 0 atom stereocenters. The van der Waals surface area contributed by atoms with Gasteiger partial charge in [0.05, 0.1) is 20.8 Å². The molecule has 1 aromatic carbocycles. The van der Waals surface area contributed by atoms with Crippen LogP contribution in [-0.4, -0.2) is 111 Å². The molecule has 0 saturated carbocycles. The topological polar surface area (TPSA) is 94.5 Å². The van der Waals surface area contributed by atoms with E-state index in [1.54, 1.807) is 32.4 Å². The molecule has 178 valence electrons. The van der Waals surface area contributed by atoms with Gasteiger partial charge in [-0.1, -0.05) is 0 Å². The van der Waals surface area contributed by atoms with Crippen LogP contribution in [0.2, 0.25) is 0 Å². The lowest BCUT2D eigenvalue weighted by Crippen LogP contribution is -2.49. The number of carbonyl (C=O) groups is 1. The van der Waals surface area contributed by atoms with Crippen LogP contribution in [0.3, 0.4) is 0 Å². The lowest BCUT2D eigenvalue weighted by Gasteiger charge is -2.36. The number of β-amino-alcohol motifs (C(OH)–C–C–N with tert-alkyl or cyclic N) is 1. The quantitative estimate of drug-likeness (QED) is 0.642. The third kappa shape index (κ3) is 5.45. The van der Waals surface area contributed by atoms with Crippen molar-refractivity contribution < 1.29 is 19.4 Å². The van der Waals surface area contributed by atoms with Gasteiger partial charge in [-0.15, -0.1) is 10.2 Å². The summed E-state index contributed by atoms with van der Waals surface area (Å²) in [6, 6.07) is 9.26. The summed E-state index contributed by atoms with van der Waals surface area (Å²) in [5.41, 5.74) is 0.558. The number of amides is 1. The summed E-state index contributed by atoms with van der Waals surface area (Å²) in [6.45, 7) is 7.11. The Labute approximate surface area is 194 Å². The summed E-state index contributed by atoms with van der Waals surface area (Å²) < 4.78 is 10.6. The lowest BCUT2D eigenvalue weighted by molar-refractivity contribution is 0.0745. The van der Waals surface area contributed by atoms with E-state index in [4.69, 9.17) is 14.6 Å². The molecule has 1 amide bonds. The Hall–Kier alpha value is -3.11. The number of benzene rings is 1. The first-order valence-electron chi connectivity index (χ1n) is 11.3. The van der Waals surface area contributed by atoms with Gasteiger partial charge in [0, 0.05) is 70.5 Å². The molecule has 0 unspecified atom stereocenters. The van der Waals surface area contributed by atoms with Crippen LogP contribution in [0.5, 0.6) is 11.5 Å². The number of nitrogens with zero attached hydrogens (tertiary/aromatic N) is 6. The van der Waals surface area contributed by atoms with Crippen LogP contribution in [0, 0.1) is 0 Å². The number of hydrogen-bond donors (Lipinski definition) is 1. The summed E-state index contributed by atoms with van der Waals surface area (Å²) in [4.78, 5) is 21.5. The molecule has 10 heteroatoms. The molecule has 4 rings (SSSR count). The van der Waals surface area contributed by atoms with Crippen LogP contribution in [0.4, 0.5) is 11.6 Å². The highest BCUT2D eigenvalue weighted by Gasteiger charge is 2.24. The van der Waals surface area contributed by atoms with E-state index < -0.39 is 0 Å². The molecule has 2 saturated heterocycles. The number of rotatable bonds is 7. The third-order valence-electron chi connectivity index (χ3n) is 6.24. The number of ether oxygens (including phenoxy) is 2. The first-order chi connectivity index (χ1) is 16.1. The van der Waals surface area contributed by atoms with Gasteiger partial charge in [0.1, 0.15) is 11.5 Å². The highest BCUT2D eigenvalue weighted by Crippen LogP contribution is 2.24. The second-order valence-electron chi connectivity index (χ2n) is 8.18. The van der Waals surface area contributed by atoms with Gasteiger partial charge in [-0.25, -0.2) is 0 Å². The Morgan fingerprint density at radius 1 is 0.848 bits per heavy atom. The maximum Gasteiger partial charge on any atom is 0.254 e. The maximum absolute atomic E-state index is 13.0. The smallest absolute Gasteiger partial charge is 0.254 e. The molecule has 2 aliphatic heterocycles. The molecule has 1 aromatic heterocycles. The summed E-state index contributed by atoms with van der Waals surface area (Å²) in [7, 11) is 3.15. The molecule has 33 heavy (non-hydrogen) atoms. The fraction of sp³-hybridized carbons (Fsp3) is 0.522. The van der Waals surface area contributed by atoms with E-state index in [2.05, 4.69) is 24.9 Å². The minimum absolute atomic E-state index is 0.0337. The number of piperazine rings is 2. The van der Waals surface area contributed by atoms with Crippen LogP contribution >= 0.6 is 0 Å². The van der Waals surface area contributed by atoms with Crippen molar-refractivity contribution in [3.05, 3.63) is 35.9 Å². The van der Waals surface area contributed by atoms with Gasteiger partial charge in [0.2, 0.25) is 0 Å². The SMILES string of the molecule is COc1cc(OC)cc(C(=O)N2CCN(c3ccc(N4CCN(CCO)CC4)nn3)CC2)c1. The molecule has 3 heterocycles. The van der Waals surface area contributed by atoms with E-state index in [0.717, 1.165) is 44.4 Å². The van der Waals surface area contributed by atoms with Gasteiger partial charge in [-0.3, -0.25) is 9.69 Å². The highest BCUT2D eigenvalue weighted by molar-refractivity contribution is 5.95. The summed E-state index contributed by atoms with van der Waals surface area (Å²) in [6.07, 6.45) is 0. The average Bonchev–Trinajstić information content (AvgIpc) is 2.89. The molecule has 2 fully saturated rings. The fourth-order valence-electron chi connectivity index (χ4n) is 4.25. The van der Waals surface area contributed by atoms with Crippen LogP contribution < -0.4 is 19.3 Å². The molecule has 10 nitrogen and oxygen atoms in total. The Bertz CT molecular complexity index is 903. The number of anilines is 2. The molecule has 2 aliphatic rings. The van der Waals surface area contributed by atoms with Gasteiger partial charge >= 0.3 is 0 Å². The Morgan fingerprint density at radius 2 is 1.36 bits per heavy atom. The molecule has 2 aromatic rings. The van der Waals surface area contributed by atoms with Gasteiger partial charge in [-0.2, -0.15) is 0 Å². The Kier molecular flexibility index (Phi) is 7.46. The number of aliphatic hydroxyl groups is 1. The van der Waals surface area contributed by atoms with Crippen molar-refractivity contribution in [1.82, 2.24) is 20.0 Å². The van der Waals surface area contributed by atoms with Crippen molar-refractivity contribution in [2.24, 2.45) is 0 Å². The van der Waals surface area contributed by atoms with E-state index in [0.29, 0.717) is 43.2 Å². The van der Waals surface area contributed by atoms with Crippen LogP contribution in [0.15, 0.2) is 30.3 Å². The predicted octanol–water partition coefficient (Wildman–Crippen LogP) is 0.571. The van der Waals surface area contributed by atoms with E-state index in [1.165, 1.54) is 0 Å². The molecule has 0 aliphatic carbocycles. The number of carbonyl (C=O) groups excluding carboxylic acids is 1. The summed E-state index contributed by atoms with van der Waals surface area (Å²) >= 11 is 0. The van der Waals surface area contributed by atoms with Crippen molar-refractivity contribution in [1.29, 1.82) is 0 Å². The zero-order valence-electron chi connectivity index (χ0n) is 19.3. The predicted molar refractivity (Wildman–Crippen MR) is 125 cm³/mol. The highest BCUT2D eigenvalue weighted by atomic mass is 16.5. The van der Waals surface area contributed by atoms with Gasteiger partial charge in [0.15, 0.2) is 11.6 Å². The zero-order valence-corrected chi connectivity index (χ0v) is 19.3. The van der Waals surface area contributed by atoms with Crippen molar-refractivity contribution in [3.63, 3.8) is 0 Å². The Balaban J connectivity index is 1.32. The Morgan fingerprint density at radius 3 is 1.82 bits per heavy atom. The van der Waals surface area contributed by atoms with Gasteiger partial charge in [-0.05, 0) is 24.3 Å². The van der Waals surface area contributed by atoms with E-state index >= 15 is 0 Å². The van der Waals surface area contributed by atoms with Crippen molar-refractivity contribution >= 4 is 17.5 Å². The lowest BCUT2D eigenvalue weighted by atomic mass is 10.1. The first-order valence-corrected chi connectivity index (χ1v) is 11.3. The fourth-order valence-corrected chi connectivity index (χ4v) is 4.25. The number of hydrogen-bond acceptors (Lipinski definition) is 9. The third-order valence-corrected chi connectivity index (χ3v) is 6.24. The normalized spacial score (nSPS) is 17.2. The standard InChI is InChI=1S/C23H32N6O4/c1-32-19-15-18(16-20(17-19)33-2)23(31)29-11-9-28(10-12-29)22-4-3-21(24-25-22)27-7-5-26(6-8-27)13-14-30/h3-4,15-17,30H,5-14H2,1-2H3. The van der Waals surface area contributed by atoms with Crippen molar-refractivity contribution in [3.8, 4) is 11.5 Å². The van der Waals surface area contributed by atoms with E-state index in [-0.39, 0.29) is 12.5 Å². The monoisotopic (exact) mass is 456 g/mol. The van der Waals surface area contributed by atoms with Gasteiger partial charge in [0.25, 0.3) is 5.91 Å². The maximum atomic E-state index is 13.0. The van der Waals surface area contributed by atoms with Crippen molar-refractivity contribution in [2.45, 2.75) is 0 Å². The summed E-state index contributed by atoms with van der Waals surface area (Å²) in [5.74, 6) is 2.87. The first kappa shape index (κ1) is 23.1.